The van der Waals surface area contributed by atoms with Crippen LogP contribution in [0.25, 0.3) is 0 Å². The van der Waals surface area contributed by atoms with Gasteiger partial charge in [0.25, 0.3) is 5.91 Å². The molecule has 2 aromatic rings. The number of carbonyl (C=O) groups excluding carboxylic acids is 1. The topological polar surface area (TPSA) is 49.3 Å². The van der Waals surface area contributed by atoms with Crippen molar-refractivity contribution in [1.29, 1.82) is 0 Å². The predicted molar refractivity (Wildman–Crippen MR) is 79.7 cm³/mol. The summed E-state index contributed by atoms with van der Waals surface area (Å²) in [5.74, 6) is 0.128. The molecular formula is C16H17NO2S. The van der Waals surface area contributed by atoms with Gasteiger partial charge in [-0.2, -0.15) is 0 Å². The Hall–Kier alpha value is -1.65. The molecule has 0 bridgehead atoms. The lowest BCUT2D eigenvalue weighted by atomic mass is 9.88. The zero-order valence-electron chi connectivity index (χ0n) is 11.1. The van der Waals surface area contributed by atoms with Crippen LogP contribution < -0.4 is 5.32 Å². The van der Waals surface area contributed by atoms with Gasteiger partial charge < -0.3 is 10.4 Å². The fraction of sp³-hybridized carbons (Fsp3) is 0.312. The number of rotatable bonds is 5. The van der Waals surface area contributed by atoms with Crippen LogP contribution >= 0.6 is 11.3 Å². The summed E-state index contributed by atoms with van der Waals surface area (Å²) in [6.45, 7) is 0.262. The van der Waals surface area contributed by atoms with E-state index in [1.165, 1.54) is 11.3 Å². The van der Waals surface area contributed by atoms with E-state index >= 15 is 0 Å². The molecule has 2 N–H and O–H groups in total. The van der Waals surface area contributed by atoms with Crippen LogP contribution in [0.15, 0.2) is 47.8 Å². The maximum absolute atomic E-state index is 12.0. The molecule has 1 aliphatic carbocycles. The molecule has 0 unspecified atom stereocenters. The van der Waals surface area contributed by atoms with Gasteiger partial charge in [0.05, 0.1) is 11.4 Å². The average molecular weight is 287 g/mol. The summed E-state index contributed by atoms with van der Waals surface area (Å²) in [6, 6.07) is 13.3. The zero-order valence-corrected chi connectivity index (χ0v) is 11.9. The van der Waals surface area contributed by atoms with E-state index in [1.54, 1.807) is 6.07 Å². The first-order valence-corrected chi connectivity index (χ1v) is 7.68. The van der Waals surface area contributed by atoms with E-state index in [9.17, 15) is 9.90 Å². The predicted octanol–water partition coefficient (Wildman–Crippen LogP) is 2.78. The molecule has 1 saturated carbocycles. The molecule has 1 aromatic heterocycles. The van der Waals surface area contributed by atoms with Crippen molar-refractivity contribution in [2.45, 2.75) is 18.4 Å². The van der Waals surface area contributed by atoms with Crippen LogP contribution in [0.1, 0.15) is 28.1 Å². The van der Waals surface area contributed by atoms with Crippen molar-refractivity contribution in [2.75, 3.05) is 6.54 Å². The third-order valence-electron chi connectivity index (χ3n) is 3.79. The summed E-state index contributed by atoms with van der Waals surface area (Å²) < 4.78 is 0. The number of carbonyl (C=O) groups is 1. The van der Waals surface area contributed by atoms with Crippen molar-refractivity contribution >= 4 is 17.2 Å². The Bertz CT molecular complexity index is 578. The van der Waals surface area contributed by atoms with Crippen LogP contribution in [0.5, 0.6) is 0 Å². The van der Waals surface area contributed by atoms with Gasteiger partial charge in [-0.1, -0.05) is 36.4 Å². The van der Waals surface area contributed by atoms with Gasteiger partial charge in [0.2, 0.25) is 0 Å². The van der Waals surface area contributed by atoms with E-state index in [1.807, 2.05) is 41.8 Å². The van der Waals surface area contributed by atoms with Crippen LogP contribution in [0.3, 0.4) is 0 Å². The Labute approximate surface area is 122 Å². The lowest BCUT2D eigenvalue weighted by Gasteiger charge is -2.29. The Balaban J connectivity index is 1.74. The fourth-order valence-corrected chi connectivity index (χ4v) is 3.12. The van der Waals surface area contributed by atoms with E-state index in [0.29, 0.717) is 4.88 Å². The highest BCUT2D eigenvalue weighted by atomic mass is 32.1. The summed E-state index contributed by atoms with van der Waals surface area (Å²) in [5, 5.41) is 15.7. The van der Waals surface area contributed by atoms with Gasteiger partial charge in [0.15, 0.2) is 0 Å². The fourth-order valence-electron chi connectivity index (χ4n) is 2.48. The minimum atomic E-state index is -0.950. The largest absolute Gasteiger partial charge is 0.383 e. The summed E-state index contributed by atoms with van der Waals surface area (Å²) in [7, 11) is 0. The molecule has 3 nitrogen and oxygen atoms in total. The molecule has 0 aliphatic heterocycles. The highest BCUT2D eigenvalue weighted by Gasteiger charge is 2.45. The van der Waals surface area contributed by atoms with Crippen molar-refractivity contribution in [1.82, 2.24) is 5.32 Å². The van der Waals surface area contributed by atoms with E-state index in [0.717, 1.165) is 18.4 Å². The number of aliphatic hydroxyl groups is 1. The molecule has 4 heteroatoms. The molecule has 20 heavy (non-hydrogen) atoms. The van der Waals surface area contributed by atoms with E-state index in [4.69, 9.17) is 0 Å². The average Bonchev–Trinajstić information content (AvgIpc) is 3.21. The van der Waals surface area contributed by atoms with E-state index < -0.39 is 5.60 Å². The zero-order chi connectivity index (χ0) is 14.0. The molecule has 1 aliphatic rings. The van der Waals surface area contributed by atoms with E-state index in [2.05, 4.69) is 5.32 Å². The molecule has 0 saturated heterocycles. The number of amides is 1. The maximum Gasteiger partial charge on any atom is 0.261 e. The van der Waals surface area contributed by atoms with Gasteiger partial charge >= 0.3 is 0 Å². The number of hydrogen-bond donors (Lipinski definition) is 2. The van der Waals surface area contributed by atoms with Crippen molar-refractivity contribution in [3.05, 3.63) is 58.3 Å². The van der Waals surface area contributed by atoms with Crippen LogP contribution in [-0.4, -0.2) is 17.6 Å². The molecule has 1 amide bonds. The first-order valence-electron chi connectivity index (χ1n) is 6.80. The van der Waals surface area contributed by atoms with Crippen LogP contribution in [0, 0.1) is 5.92 Å². The monoisotopic (exact) mass is 287 g/mol. The quantitative estimate of drug-likeness (QED) is 0.888. The second kappa shape index (κ2) is 5.38. The first kappa shape index (κ1) is 13.3. The third-order valence-corrected chi connectivity index (χ3v) is 4.66. The Kier molecular flexibility index (Phi) is 3.59. The van der Waals surface area contributed by atoms with Crippen molar-refractivity contribution < 1.29 is 9.90 Å². The van der Waals surface area contributed by atoms with Crippen molar-refractivity contribution in [3.63, 3.8) is 0 Å². The van der Waals surface area contributed by atoms with Gasteiger partial charge in [-0.05, 0) is 35.8 Å². The van der Waals surface area contributed by atoms with Crippen LogP contribution in [0.2, 0.25) is 0 Å². The number of benzene rings is 1. The third kappa shape index (κ3) is 2.62. The lowest BCUT2D eigenvalue weighted by Crippen LogP contribution is -2.42. The van der Waals surface area contributed by atoms with Crippen molar-refractivity contribution in [3.8, 4) is 0 Å². The molecule has 1 aromatic carbocycles. The number of nitrogens with one attached hydrogen (secondary N) is 1. The van der Waals surface area contributed by atoms with Gasteiger partial charge in [0, 0.05) is 0 Å². The highest BCUT2D eigenvalue weighted by Crippen LogP contribution is 2.45. The molecule has 1 heterocycles. The Morgan fingerprint density at radius 3 is 2.60 bits per heavy atom. The van der Waals surface area contributed by atoms with Gasteiger partial charge in [-0.25, -0.2) is 0 Å². The number of hydrogen-bond acceptors (Lipinski definition) is 3. The summed E-state index contributed by atoms with van der Waals surface area (Å²) in [4.78, 5) is 12.7. The smallest absolute Gasteiger partial charge is 0.261 e. The molecule has 0 spiro atoms. The van der Waals surface area contributed by atoms with Crippen molar-refractivity contribution in [2.24, 2.45) is 5.92 Å². The second-order valence-electron chi connectivity index (χ2n) is 5.22. The minimum Gasteiger partial charge on any atom is -0.383 e. The molecule has 3 rings (SSSR count). The SMILES string of the molecule is O=C(NC[C@](O)(c1ccccc1)C1CC1)c1cccs1. The molecular weight excluding hydrogens is 270 g/mol. The molecule has 1 atom stereocenters. The maximum atomic E-state index is 12.0. The second-order valence-corrected chi connectivity index (χ2v) is 6.17. The summed E-state index contributed by atoms with van der Waals surface area (Å²) in [6.07, 6.45) is 2.03. The molecule has 104 valence electrons. The van der Waals surface area contributed by atoms with Gasteiger partial charge in [-0.3, -0.25) is 4.79 Å². The highest BCUT2D eigenvalue weighted by molar-refractivity contribution is 7.12. The van der Waals surface area contributed by atoms with Gasteiger partial charge in [0.1, 0.15) is 5.60 Å². The lowest BCUT2D eigenvalue weighted by molar-refractivity contribution is 0.0135. The van der Waals surface area contributed by atoms with Crippen LogP contribution in [0.4, 0.5) is 0 Å². The normalized spacial score (nSPS) is 17.4. The Morgan fingerprint density at radius 1 is 1.25 bits per heavy atom. The standard InChI is InChI=1S/C16H17NO2S/c18-15(14-7-4-10-20-14)17-11-16(19,13-8-9-13)12-5-2-1-3-6-12/h1-7,10,13,19H,8-9,11H2,(H,17,18)/t16-/m0/s1. The molecule has 0 radical (unpaired) electrons. The number of thiophene rings is 1. The Morgan fingerprint density at radius 2 is 2.00 bits per heavy atom. The van der Waals surface area contributed by atoms with Crippen LogP contribution in [-0.2, 0) is 5.60 Å². The summed E-state index contributed by atoms with van der Waals surface area (Å²) >= 11 is 1.41. The van der Waals surface area contributed by atoms with Gasteiger partial charge in [-0.15, -0.1) is 11.3 Å². The summed E-state index contributed by atoms with van der Waals surface area (Å²) in [5.41, 5.74) is -0.0669. The first-order chi connectivity index (χ1) is 9.70. The van der Waals surface area contributed by atoms with E-state index in [-0.39, 0.29) is 18.4 Å². The molecule has 1 fully saturated rings. The minimum absolute atomic E-state index is 0.116.